The summed E-state index contributed by atoms with van der Waals surface area (Å²) in [7, 11) is 0. The third-order valence-corrected chi connectivity index (χ3v) is 2.39. The molecule has 0 aliphatic rings. The van der Waals surface area contributed by atoms with Crippen LogP contribution in [0.1, 0.15) is 0 Å². The van der Waals surface area contributed by atoms with Crippen molar-refractivity contribution in [2.24, 2.45) is 5.73 Å². The van der Waals surface area contributed by atoms with Crippen molar-refractivity contribution in [1.82, 2.24) is 5.32 Å². The van der Waals surface area contributed by atoms with Crippen LogP contribution in [0.4, 0.5) is 16.2 Å². The van der Waals surface area contributed by atoms with Crippen molar-refractivity contribution in [1.29, 1.82) is 0 Å². The second kappa shape index (κ2) is 6.04. The van der Waals surface area contributed by atoms with Crippen LogP contribution in [0, 0.1) is 10.1 Å². The van der Waals surface area contributed by atoms with Crippen molar-refractivity contribution in [3.63, 3.8) is 0 Å². The summed E-state index contributed by atoms with van der Waals surface area (Å²) in [6.07, 6.45) is 0. The summed E-state index contributed by atoms with van der Waals surface area (Å²) < 4.78 is 0.730. The number of hydrogen-bond donors (Lipinski definition) is 3. The lowest BCUT2D eigenvalue weighted by atomic mass is 10.2. The average molecular weight is 303 g/mol. The third kappa shape index (κ3) is 4.27. The summed E-state index contributed by atoms with van der Waals surface area (Å²) in [5.41, 5.74) is 5.24. The van der Waals surface area contributed by atoms with Gasteiger partial charge in [-0.2, -0.15) is 0 Å². The molecular weight excluding hydrogens is 292 g/mol. The van der Waals surface area contributed by atoms with Gasteiger partial charge in [0.1, 0.15) is 5.69 Å². The van der Waals surface area contributed by atoms with E-state index in [1.54, 1.807) is 12.1 Å². The first-order valence-corrected chi connectivity index (χ1v) is 5.51. The molecule has 92 valence electrons. The fourth-order valence-electron chi connectivity index (χ4n) is 1.19. The third-order valence-electron chi connectivity index (χ3n) is 1.89. The lowest BCUT2D eigenvalue weighted by Gasteiger charge is -2.07. The number of carbonyl (C=O) groups is 1. The van der Waals surface area contributed by atoms with E-state index in [-0.39, 0.29) is 5.69 Å². The summed E-state index contributed by atoms with van der Waals surface area (Å²) in [6.45, 7) is 0.638. The highest BCUT2D eigenvalue weighted by Gasteiger charge is 2.12. The number of amides is 2. The summed E-state index contributed by atoms with van der Waals surface area (Å²) in [5.74, 6) is 0. The fraction of sp³-hybridized carbons (Fsp3) is 0.222. The van der Waals surface area contributed by atoms with Crippen LogP contribution in [-0.2, 0) is 0 Å². The highest BCUT2D eigenvalue weighted by molar-refractivity contribution is 9.10. The first-order valence-electron chi connectivity index (χ1n) is 4.72. The number of urea groups is 1. The topological polar surface area (TPSA) is 110 Å². The number of nitrogens with one attached hydrogen (secondary N) is 2. The Morgan fingerprint density at radius 1 is 1.47 bits per heavy atom. The van der Waals surface area contributed by atoms with Crippen LogP contribution in [-0.4, -0.2) is 24.0 Å². The monoisotopic (exact) mass is 302 g/mol. The number of benzene rings is 1. The minimum Gasteiger partial charge on any atom is -0.378 e. The minimum absolute atomic E-state index is 0.0210. The van der Waals surface area contributed by atoms with Gasteiger partial charge in [0.25, 0.3) is 5.69 Å². The molecule has 0 aliphatic carbocycles. The van der Waals surface area contributed by atoms with E-state index in [4.69, 9.17) is 5.73 Å². The number of primary amides is 1. The standard InChI is InChI=1S/C9H11BrN4O3/c10-6-1-2-8(14(16)17)7(5-6)12-3-4-13-9(11)15/h1-2,5,12H,3-4H2,(H3,11,13,15). The molecular formula is C9H11BrN4O3. The largest absolute Gasteiger partial charge is 0.378 e. The second-order valence-corrected chi connectivity index (χ2v) is 4.05. The van der Waals surface area contributed by atoms with Gasteiger partial charge in [0.05, 0.1) is 4.92 Å². The summed E-state index contributed by atoms with van der Waals surface area (Å²) in [6, 6.07) is 3.96. The SMILES string of the molecule is NC(=O)NCCNc1cc(Br)ccc1[N+](=O)[O-]. The van der Waals surface area contributed by atoms with Crippen molar-refractivity contribution in [3.8, 4) is 0 Å². The molecule has 1 aromatic rings. The highest BCUT2D eigenvalue weighted by atomic mass is 79.9. The molecule has 0 unspecified atom stereocenters. The van der Waals surface area contributed by atoms with E-state index in [1.165, 1.54) is 6.07 Å². The van der Waals surface area contributed by atoms with Crippen LogP contribution in [0.2, 0.25) is 0 Å². The van der Waals surface area contributed by atoms with Gasteiger partial charge in [-0.25, -0.2) is 4.79 Å². The Morgan fingerprint density at radius 2 is 2.18 bits per heavy atom. The Bertz CT molecular complexity index is 438. The first-order chi connectivity index (χ1) is 8.00. The van der Waals surface area contributed by atoms with Gasteiger partial charge in [-0.1, -0.05) is 15.9 Å². The molecule has 7 nitrogen and oxygen atoms in total. The van der Waals surface area contributed by atoms with Gasteiger partial charge >= 0.3 is 6.03 Å². The van der Waals surface area contributed by atoms with Gasteiger partial charge in [-0.05, 0) is 12.1 Å². The van der Waals surface area contributed by atoms with Crippen molar-refractivity contribution < 1.29 is 9.72 Å². The van der Waals surface area contributed by atoms with Crippen molar-refractivity contribution in [2.45, 2.75) is 0 Å². The first kappa shape index (κ1) is 13.2. The fourth-order valence-corrected chi connectivity index (χ4v) is 1.55. The van der Waals surface area contributed by atoms with Gasteiger partial charge in [0.15, 0.2) is 0 Å². The van der Waals surface area contributed by atoms with E-state index in [2.05, 4.69) is 26.6 Å². The lowest BCUT2D eigenvalue weighted by molar-refractivity contribution is -0.384. The zero-order valence-corrected chi connectivity index (χ0v) is 10.4. The molecule has 0 radical (unpaired) electrons. The van der Waals surface area contributed by atoms with Gasteiger partial charge in [-0.3, -0.25) is 10.1 Å². The summed E-state index contributed by atoms with van der Waals surface area (Å²) in [4.78, 5) is 20.7. The van der Waals surface area contributed by atoms with Crippen LogP contribution < -0.4 is 16.4 Å². The number of nitro groups is 1. The number of hydrogen-bond acceptors (Lipinski definition) is 4. The Kier molecular flexibility index (Phi) is 4.70. The van der Waals surface area contributed by atoms with E-state index in [0.717, 1.165) is 4.47 Å². The molecule has 0 spiro atoms. The molecule has 0 bridgehead atoms. The molecule has 1 aromatic carbocycles. The predicted molar refractivity (Wildman–Crippen MR) is 66.9 cm³/mol. The number of nitrogens with zero attached hydrogens (tertiary/aromatic N) is 1. The molecule has 4 N–H and O–H groups in total. The molecule has 1 rings (SSSR count). The van der Waals surface area contributed by atoms with Gasteiger partial charge in [-0.15, -0.1) is 0 Å². The molecule has 0 fully saturated rings. The number of rotatable bonds is 5. The van der Waals surface area contributed by atoms with E-state index in [9.17, 15) is 14.9 Å². The van der Waals surface area contributed by atoms with E-state index < -0.39 is 11.0 Å². The molecule has 0 saturated heterocycles. The van der Waals surface area contributed by atoms with E-state index >= 15 is 0 Å². The maximum atomic E-state index is 10.7. The Labute approximate surface area is 106 Å². The van der Waals surface area contributed by atoms with Crippen LogP contribution >= 0.6 is 15.9 Å². The molecule has 0 atom stereocenters. The lowest BCUT2D eigenvalue weighted by Crippen LogP contribution is -2.33. The second-order valence-electron chi connectivity index (χ2n) is 3.14. The van der Waals surface area contributed by atoms with E-state index in [0.29, 0.717) is 18.8 Å². The van der Waals surface area contributed by atoms with E-state index in [1.807, 2.05) is 0 Å². The van der Waals surface area contributed by atoms with Crippen LogP contribution in [0.5, 0.6) is 0 Å². The number of anilines is 1. The Balaban J connectivity index is 2.65. The van der Waals surface area contributed by atoms with Crippen LogP contribution in [0.15, 0.2) is 22.7 Å². The molecule has 0 aromatic heterocycles. The minimum atomic E-state index is -0.629. The number of nitro benzene ring substituents is 1. The molecule has 0 heterocycles. The molecule has 2 amide bonds. The summed E-state index contributed by atoms with van der Waals surface area (Å²) in [5, 5.41) is 16.0. The van der Waals surface area contributed by atoms with Crippen molar-refractivity contribution in [3.05, 3.63) is 32.8 Å². The maximum absolute atomic E-state index is 10.7. The smallest absolute Gasteiger partial charge is 0.312 e. The van der Waals surface area contributed by atoms with Crippen molar-refractivity contribution in [2.75, 3.05) is 18.4 Å². The number of halogens is 1. The van der Waals surface area contributed by atoms with Crippen molar-refractivity contribution >= 4 is 33.3 Å². The Hall–Kier alpha value is -1.83. The number of nitrogens with two attached hydrogens (primary N) is 1. The normalized spacial score (nSPS) is 9.71. The van der Waals surface area contributed by atoms with Gasteiger partial charge in [0.2, 0.25) is 0 Å². The van der Waals surface area contributed by atoms with Crippen LogP contribution in [0.3, 0.4) is 0 Å². The molecule has 8 heteroatoms. The quantitative estimate of drug-likeness (QED) is 0.434. The van der Waals surface area contributed by atoms with Gasteiger partial charge < -0.3 is 16.4 Å². The Morgan fingerprint density at radius 3 is 2.76 bits per heavy atom. The van der Waals surface area contributed by atoms with Crippen LogP contribution in [0.25, 0.3) is 0 Å². The molecule has 0 saturated carbocycles. The van der Waals surface area contributed by atoms with Gasteiger partial charge in [0, 0.05) is 23.6 Å². The zero-order valence-electron chi connectivity index (χ0n) is 8.77. The molecule has 0 aliphatic heterocycles. The molecule has 17 heavy (non-hydrogen) atoms. The zero-order chi connectivity index (χ0) is 12.8. The highest BCUT2D eigenvalue weighted by Crippen LogP contribution is 2.27. The number of carbonyl (C=O) groups excluding carboxylic acids is 1. The maximum Gasteiger partial charge on any atom is 0.312 e. The predicted octanol–water partition coefficient (Wildman–Crippen LogP) is 1.44. The average Bonchev–Trinajstić information content (AvgIpc) is 2.23. The summed E-state index contributed by atoms with van der Waals surface area (Å²) >= 11 is 3.23.